The van der Waals surface area contributed by atoms with Crippen molar-refractivity contribution in [3.63, 3.8) is 0 Å². The Balaban J connectivity index is 2.16. The van der Waals surface area contributed by atoms with Crippen molar-refractivity contribution in [1.29, 1.82) is 5.26 Å². The van der Waals surface area contributed by atoms with E-state index in [2.05, 4.69) is 23.7 Å². The average Bonchev–Trinajstić information content (AvgIpc) is 2.99. The van der Waals surface area contributed by atoms with Crippen molar-refractivity contribution in [2.24, 2.45) is 0 Å². The number of hydrogen-bond donors (Lipinski definition) is 0. The Morgan fingerprint density at radius 1 is 1.17 bits per heavy atom. The topological polar surface area (TPSA) is 49.8 Å². The summed E-state index contributed by atoms with van der Waals surface area (Å²) in [7, 11) is 0. The summed E-state index contributed by atoms with van der Waals surface area (Å²) in [6, 6.07) is 17.6. The van der Waals surface area contributed by atoms with Gasteiger partial charge in [0, 0.05) is 22.5 Å². The van der Waals surface area contributed by atoms with Gasteiger partial charge < -0.3 is 4.42 Å². The second kappa shape index (κ2) is 5.36. The summed E-state index contributed by atoms with van der Waals surface area (Å²) in [6.07, 6.45) is 1.77. The van der Waals surface area contributed by atoms with Crippen LogP contribution >= 0.6 is 0 Å². The maximum atomic E-state index is 9.13. The first kappa shape index (κ1) is 14.2. The third kappa shape index (κ3) is 2.09. The molecule has 2 aromatic heterocycles. The quantitative estimate of drug-likeness (QED) is 0.487. The molecule has 4 rings (SSSR count). The van der Waals surface area contributed by atoms with Crippen LogP contribution in [0.15, 0.2) is 65.7 Å². The molecule has 24 heavy (non-hydrogen) atoms. The Kier molecular flexibility index (Phi) is 3.18. The number of nitriles is 1. The highest BCUT2D eigenvalue weighted by Crippen LogP contribution is 2.39. The van der Waals surface area contributed by atoms with E-state index >= 15 is 0 Å². The van der Waals surface area contributed by atoms with Crippen LogP contribution in [0.3, 0.4) is 0 Å². The van der Waals surface area contributed by atoms with Crippen LogP contribution in [0.5, 0.6) is 0 Å². The lowest BCUT2D eigenvalue weighted by Gasteiger charge is -2.06. The molecular formula is C21H14N2O. The van der Waals surface area contributed by atoms with E-state index in [4.69, 9.17) is 9.68 Å². The van der Waals surface area contributed by atoms with Gasteiger partial charge in [-0.3, -0.25) is 4.98 Å². The van der Waals surface area contributed by atoms with Gasteiger partial charge in [-0.05, 0) is 48.9 Å². The number of hydrogen-bond acceptors (Lipinski definition) is 3. The monoisotopic (exact) mass is 310 g/mol. The van der Waals surface area contributed by atoms with Crippen molar-refractivity contribution in [3.8, 4) is 17.3 Å². The van der Waals surface area contributed by atoms with Crippen molar-refractivity contribution in [2.45, 2.75) is 6.92 Å². The summed E-state index contributed by atoms with van der Waals surface area (Å²) in [5.41, 5.74) is 5.88. The molecule has 0 aliphatic heterocycles. The van der Waals surface area contributed by atoms with E-state index in [1.807, 2.05) is 43.3 Å². The second-order valence-corrected chi connectivity index (χ2v) is 5.78. The zero-order valence-electron chi connectivity index (χ0n) is 13.2. The molecule has 0 bridgehead atoms. The van der Waals surface area contributed by atoms with Crippen molar-refractivity contribution in [2.75, 3.05) is 0 Å². The van der Waals surface area contributed by atoms with Crippen LogP contribution in [0.2, 0.25) is 0 Å². The fraction of sp³-hybridized carbons (Fsp3) is 0.0476. The molecule has 3 nitrogen and oxygen atoms in total. The molecule has 0 amide bonds. The molecule has 0 aliphatic carbocycles. The molecule has 0 N–H and O–H groups in total. The van der Waals surface area contributed by atoms with Gasteiger partial charge in [-0.15, -0.1) is 0 Å². The Labute approximate surface area is 139 Å². The lowest BCUT2D eigenvalue weighted by Crippen LogP contribution is -1.86. The van der Waals surface area contributed by atoms with Crippen LogP contribution in [-0.2, 0) is 0 Å². The number of benzene rings is 2. The molecule has 114 valence electrons. The molecule has 0 atom stereocenters. The number of furan rings is 1. The molecule has 0 fully saturated rings. The Morgan fingerprint density at radius 2 is 2.04 bits per heavy atom. The highest BCUT2D eigenvalue weighted by atomic mass is 16.3. The average molecular weight is 310 g/mol. The fourth-order valence-corrected chi connectivity index (χ4v) is 3.03. The van der Waals surface area contributed by atoms with Crippen molar-refractivity contribution in [3.05, 3.63) is 72.4 Å². The molecular weight excluding hydrogens is 296 g/mol. The van der Waals surface area contributed by atoms with Crippen LogP contribution in [0.25, 0.3) is 38.8 Å². The summed E-state index contributed by atoms with van der Waals surface area (Å²) in [5.74, 6) is 0. The minimum Gasteiger partial charge on any atom is -0.455 e. The standard InChI is InChI=1S/C21H14N2O/c1-13(2)15-8-9-16(18-5-3-4-10-23-18)21-20(15)17-7-6-14(12-22)11-19(17)24-21/h3-11H,1H2,2H3. The van der Waals surface area contributed by atoms with Gasteiger partial charge in [-0.1, -0.05) is 24.3 Å². The third-order valence-corrected chi connectivity index (χ3v) is 4.15. The second-order valence-electron chi connectivity index (χ2n) is 5.78. The van der Waals surface area contributed by atoms with Gasteiger partial charge in [0.2, 0.25) is 0 Å². The molecule has 4 aromatic rings. The number of aromatic nitrogens is 1. The van der Waals surface area contributed by atoms with Crippen molar-refractivity contribution < 1.29 is 4.42 Å². The van der Waals surface area contributed by atoms with Crippen LogP contribution in [0.1, 0.15) is 18.1 Å². The predicted molar refractivity (Wildman–Crippen MR) is 96.4 cm³/mol. The molecule has 2 heterocycles. The first-order valence-electron chi connectivity index (χ1n) is 7.65. The van der Waals surface area contributed by atoms with E-state index in [1.54, 1.807) is 12.3 Å². The number of allylic oxidation sites excluding steroid dienone is 1. The first-order chi connectivity index (χ1) is 11.7. The van der Waals surface area contributed by atoms with Crippen LogP contribution < -0.4 is 0 Å². The van der Waals surface area contributed by atoms with Gasteiger partial charge >= 0.3 is 0 Å². The van der Waals surface area contributed by atoms with Gasteiger partial charge in [0.25, 0.3) is 0 Å². The summed E-state index contributed by atoms with van der Waals surface area (Å²) in [6.45, 7) is 6.07. The molecule has 0 radical (unpaired) electrons. The van der Waals surface area contributed by atoms with Gasteiger partial charge in [-0.2, -0.15) is 5.26 Å². The minimum atomic E-state index is 0.581. The molecule has 0 saturated heterocycles. The number of nitrogens with zero attached hydrogens (tertiary/aromatic N) is 2. The number of fused-ring (bicyclic) bond motifs is 3. The van der Waals surface area contributed by atoms with E-state index in [-0.39, 0.29) is 0 Å². The maximum Gasteiger partial charge on any atom is 0.145 e. The third-order valence-electron chi connectivity index (χ3n) is 4.15. The summed E-state index contributed by atoms with van der Waals surface area (Å²) < 4.78 is 6.14. The van der Waals surface area contributed by atoms with E-state index in [9.17, 15) is 0 Å². The number of rotatable bonds is 2. The summed E-state index contributed by atoms with van der Waals surface area (Å²) >= 11 is 0. The van der Waals surface area contributed by atoms with Gasteiger partial charge in [-0.25, -0.2) is 0 Å². The Hall–Kier alpha value is -3.38. The molecule has 3 heteroatoms. The molecule has 2 aromatic carbocycles. The van der Waals surface area contributed by atoms with Crippen LogP contribution in [-0.4, -0.2) is 4.98 Å². The SMILES string of the molecule is C=C(C)c1ccc(-c2ccccn2)c2oc3cc(C#N)ccc3c12. The van der Waals surface area contributed by atoms with E-state index in [0.717, 1.165) is 38.7 Å². The molecule has 0 aliphatic rings. The normalized spacial score (nSPS) is 10.8. The first-order valence-corrected chi connectivity index (χ1v) is 7.65. The van der Waals surface area contributed by atoms with E-state index < -0.39 is 0 Å². The predicted octanol–water partition coefficient (Wildman–Crippen LogP) is 5.55. The zero-order chi connectivity index (χ0) is 16.7. The zero-order valence-corrected chi connectivity index (χ0v) is 13.2. The highest BCUT2D eigenvalue weighted by Gasteiger charge is 2.17. The summed E-state index contributed by atoms with van der Waals surface area (Å²) in [5, 5.41) is 11.1. The Bertz CT molecular complexity index is 1130. The van der Waals surface area contributed by atoms with E-state index in [0.29, 0.717) is 11.1 Å². The molecule has 0 unspecified atom stereocenters. The van der Waals surface area contributed by atoms with Gasteiger partial charge in [0.1, 0.15) is 11.2 Å². The van der Waals surface area contributed by atoms with Crippen LogP contribution in [0.4, 0.5) is 0 Å². The smallest absolute Gasteiger partial charge is 0.145 e. The van der Waals surface area contributed by atoms with Crippen molar-refractivity contribution >= 4 is 27.5 Å². The number of pyridine rings is 1. The van der Waals surface area contributed by atoms with Crippen LogP contribution in [0, 0.1) is 11.3 Å². The van der Waals surface area contributed by atoms with E-state index in [1.165, 1.54) is 0 Å². The largest absolute Gasteiger partial charge is 0.455 e. The fourth-order valence-electron chi connectivity index (χ4n) is 3.03. The maximum absolute atomic E-state index is 9.13. The van der Waals surface area contributed by atoms with Gasteiger partial charge in [0.15, 0.2) is 0 Å². The van der Waals surface area contributed by atoms with Gasteiger partial charge in [0.05, 0.1) is 17.3 Å². The highest BCUT2D eigenvalue weighted by molar-refractivity contribution is 6.14. The lowest BCUT2D eigenvalue weighted by molar-refractivity contribution is 0.669. The van der Waals surface area contributed by atoms with Crippen molar-refractivity contribution in [1.82, 2.24) is 4.98 Å². The Morgan fingerprint density at radius 3 is 2.75 bits per heavy atom. The minimum absolute atomic E-state index is 0.581. The molecule has 0 spiro atoms. The lowest BCUT2D eigenvalue weighted by atomic mass is 9.97. The summed E-state index contributed by atoms with van der Waals surface area (Å²) in [4.78, 5) is 4.44. The molecule has 0 saturated carbocycles.